The molecule has 1 rings (SSSR count). The predicted molar refractivity (Wildman–Crippen MR) is 86.1 cm³/mol. The van der Waals surface area contributed by atoms with E-state index in [1.807, 2.05) is 0 Å². The first kappa shape index (κ1) is 16.8. The van der Waals surface area contributed by atoms with Crippen LogP contribution in [0.1, 0.15) is 33.6 Å². The summed E-state index contributed by atoms with van der Waals surface area (Å²) in [6.45, 7) is 8.38. The van der Waals surface area contributed by atoms with E-state index in [-0.39, 0.29) is 5.91 Å². The molecule has 0 aliphatic carbocycles. The molecule has 0 aromatic heterocycles. The van der Waals surface area contributed by atoms with Crippen LogP contribution in [0.5, 0.6) is 0 Å². The molecule has 0 radical (unpaired) electrons. The number of amides is 1. The van der Waals surface area contributed by atoms with Crippen LogP contribution in [0.15, 0.2) is 18.2 Å². The third-order valence-electron chi connectivity index (χ3n) is 3.28. The molecule has 0 bridgehead atoms. The summed E-state index contributed by atoms with van der Waals surface area (Å²) in [6.07, 6.45) is 1.31. The molecule has 0 spiro atoms. The minimum Gasteiger partial charge on any atom is -0.397 e. The lowest BCUT2D eigenvalue weighted by molar-refractivity contribution is -0.116. The van der Waals surface area contributed by atoms with Crippen molar-refractivity contribution in [3.05, 3.63) is 23.2 Å². The van der Waals surface area contributed by atoms with Gasteiger partial charge in [0.1, 0.15) is 0 Å². The predicted octanol–water partition coefficient (Wildman–Crippen LogP) is 3.37. The van der Waals surface area contributed by atoms with Crippen molar-refractivity contribution in [2.45, 2.75) is 39.7 Å². The summed E-state index contributed by atoms with van der Waals surface area (Å²) in [5.41, 5.74) is 6.90. The number of hydrogen-bond donors (Lipinski definition) is 2. The number of nitrogen functional groups attached to an aromatic ring is 1. The first-order valence-corrected chi connectivity index (χ1v) is 7.40. The van der Waals surface area contributed by atoms with Crippen molar-refractivity contribution < 1.29 is 4.79 Å². The maximum absolute atomic E-state index is 11.9. The molecular weight excluding hydrogens is 274 g/mol. The van der Waals surface area contributed by atoms with E-state index in [1.54, 1.807) is 18.2 Å². The highest BCUT2D eigenvalue weighted by molar-refractivity contribution is 6.31. The molecule has 1 aromatic rings. The van der Waals surface area contributed by atoms with Gasteiger partial charge in [-0.1, -0.05) is 18.5 Å². The van der Waals surface area contributed by atoms with Crippen molar-refractivity contribution in [2.75, 3.05) is 24.1 Å². The zero-order valence-corrected chi connectivity index (χ0v) is 13.2. The number of halogens is 1. The van der Waals surface area contributed by atoms with Gasteiger partial charge in [0, 0.05) is 17.5 Å². The van der Waals surface area contributed by atoms with Gasteiger partial charge in [0.2, 0.25) is 5.91 Å². The molecule has 0 heterocycles. The van der Waals surface area contributed by atoms with Crippen molar-refractivity contribution >= 4 is 28.9 Å². The van der Waals surface area contributed by atoms with Crippen LogP contribution in [0.2, 0.25) is 5.02 Å². The highest BCUT2D eigenvalue weighted by Gasteiger charge is 2.09. The Labute approximate surface area is 126 Å². The van der Waals surface area contributed by atoms with E-state index in [0.717, 1.165) is 19.5 Å². The van der Waals surface area contributed by atoms with Gasteiger partial charge in [0.15, 0.2) is 0 Å². The number of benzene rings is 1. The summed E-state index contributed by atoms with van der Waals surface area (Å²) in [5.74, 6) is -0.0289. The maximum atomic E-state index is 11.9. The Morgan fingerprint density at radius 2 is 2.15 bits per heavy atom. The molecule has 1 amide bonds. The first-order valence-electron chi connectivity index (χ1n) is 7.03. The second-order valence-electron chi connectivity index (χ2n) is 5.11. The van der Waals surface area contributed by atoms with E-state index in [2.05, 4.69) is 31.0 Å². The van der Waals surface area contributed by atoms with Gasteiger partial charge < -0.3 is 16.0 Å². The summed E-state index contributed by atoms with van der Waals surface area (Å²) < 4.78 is 0. The molecule has 0 saturated carbocycles. The van der Waals surface area contributed by atoms with E-state index in [9.17, 15) is 4.79 Å². The Balaban J connectivity index is 2.42. The second kappa shape index (κ2) is 8.12. The fourth-order valence-corrected chi connectivity index (χ4v) is 2.25. The number of hydrogen-bond acceptors (Lipinski definition) is 3. The Morgan fingerprint density at radius 3 is 2.75 bits per heavy atom. The van der Waals surface area contributed by atoms with Crippen molar-refractivity contribution in [2.24, 2.45) is 0 Å². The average molecular weight is 298 g/mol. The molecule has 1 aromatic carbocycles. The lowest BCUT2D eigenvalue weighted by Gasteiger charge is -2.24. The fraction of sp³-hybridized carbons (Fsp3) is 0.533. The van der Waals surface area contributed by atoms with Crippen LogP contribution < -0.4 is 11.1 Å². The van der Waals surface area contributed by atoms with E-state index in [4.69, 9.17) is 17.3 Å². The van der Waals surface area contributed by atoms with Crippen LogP contribution in [-0.2, 0) is 4.79 Å². The van der Waals surface area contributed by atoms with Gasteiger partial charge in [-0.2, -0.15) is 0 Å². The number of nitrogens with zero attached hydrogens (tertiary/aromatic N) is 1. The highest BCUT2D eigenvalue weighted by atomic mass is 35.5. The smallest absolute Gasteiger partial charge is 0.224 e. The summed E-state index contributed by atoms with van der Waals surface area (Å²) in [4.78, 5) is 14.2. The minimum absolute atomic E-state index is 0.0289. The molecule has 112 valence electrons. The van der Waals surface area contributed by atoms with E-state index < -0.39 is 0 Å². The molecule has 0 aliphatic heterocycles. The van der Waals surface area contributed by atoms with Gasteiger partial charge in [-0.25, -0.2) is 0 Å². The maximum Gasteiger partial charge on any atom is 0.224 e. The van der Waals surface area contributed by atoms with Gasteiger partial charge in [-0.3, -0.25) is 4.79 Å². The molecule has 0 atom stereocenters. The van der Waals surface area contributed by atoms with Crippen molar-refractivity contribution in [3.63, 3.8) is 0 Å². The molecule has 0 unspecified atom stereocenters. The molecule has 3 N–H and O–H groups in total. The van der Waals surface area contributed by atoms with Crippen LogP contribution >= 0.6 is 11.6 Å². The van der Waals surface area contributed by atoms with Crippen molar-refractivity contribution in [1.82, 2.24) is 4.90 Å². The van der Waals surface area contributed by atoms with Crippen LogP contribution in [-0.4, -0.2) is 29.9 Å². The Bertz CT molecular complexity index is 449. The van der Waals surface area contributed by atoms with Crippen LogP contribution in [0.4, 0.5) is 11.4 Å². The lowest BCUT2D eigenvalue weighted by Crippen LogP contribution is -2.32. The van der Waals surface area contributed by atoms with Crippen molar-refractivity contribution in [1.29, 1.82) is 0 Å². The SMILES string of the molecule is CCN(CCCC(=O)Nc1cc(Cl)ccc1N)C(C)C. The molecule has 0 saturated heterocycles. The minimum atomic E-state index is -0.0289. The average Bonchev–Trinajstić information content (AvgIpc) is 2.38. The Hall–Kier alpha value is -1.26. The highest BCUT2D eigenvalue weighted by Crippen LogP contribution is 2.23. The van der Waals surface area contributed by atoms with Crippen LogP contribution in [0.25, 0.3) is 0 Å². The van der Waals surface area contributed by atoms with E-state index in [1.165, 1.54) is 0 Å². The van der Waals surface area contributed by atoms with Gasteiger partial charge in [0.05, 0.1) is 11.4 Å². The quantitative estimate of drug-likeness (QED) is 0.759. The van der Waals surface area contributed by atoms with Crippen molar-refractivity contribution in [3.8, 4) is 0 Å². The number of carbonyl (C=O) groups is 1. The Kier molecular flexibility index (Phi) is 6.82. The first-order chi connectivity index (χ1) is 9.43. The summed E-state index contributed by atoms with van der Waals surface area (Å²) in [6, 6.07) is 5.57. The van der Waals surface area contributed by atoms with Crippen LogP contribution in [0, 0.1) is 0 Å². The molecule has 5 heteroatoms. The number of carbonyl (C=O) groups excluding carboxylic acids is 1. The molecule has 4 nitrogen and oxygen atoms in total. The lowest BCUT2D eigenvalue weighted by atomic mass is 10.2. The number of rotatable bonds is 7. The summed E-state index contributed by atoms with van der Waals surface area (Å²) in [5, 5.41) is 3.37. The molecule has 0 fully saturated rings. The van der Waals surface area contributed by atoms with Gasteiger partial charge in [0.25, 0.3) is 0 Å². The van der Waals surface area contributed by atoms with Gasteiger partial charge >= 0.3 is 0 Å². The summed E-state index contributed by atoms with van der Waals surface area (Å²) in [7, 11) is 0. The largest absolute Gasteiger partial charge is 0.397 e. The Morgan fingerprint density at radius 1 is 1.45 bits per heavy atom. The van der Waals surface area contributed by atoms with Crippen LogP contribution in [0.3, 0.4) is 0 Å². The molecule has 0 aliphatic rings. The number of anilines is 2. The monoisotopic (exact) mass is 297 g/mol. The van der Waals surface area contributed by atoms with E-state index >= 15 is 0 Å². The normalized spacial score (nSPS) is 11.1. The molecule has 20 heavy (non-hydrogen) atoms. The number of nitrogens with two attached hydrogens (primary N) is 1. The zero-order valence-electron chi connectivity index (χ0n) is 12.4. The molecular formula is C15H24ClN3O. The fourth-order valence-electron chi connectivity index (χ4n) is 2.07. The topological polar surface area (TPSA) is 58.4 Å². The third kappa shape index (κ3) is 5.39. The summed E-state index contributed by atoms with van der Waals surface area (Å²) >= 11 is 5.89. The third-order valence-corrected chi connectivity index (χ3v) is 3.51. The van der Waals surface area contributed by atoms with Gasteiger partial charge in [-0.05, 0) is 51.6 Å². The van der Waals surface area contributed by atoms with E-state index in [0.29, 0.717) is 28.9 Å². The zero-order chi connectivity index (χ0) is 15.1. The number of nitrogens with one attached hydrogen (secondary N) is 1. The van der Waals surface area contributed by atoms with Gasteiger partial charge in [-0.15, -0.1) is 0 Å². The second-order valence-corrected chi connectivity index (χ2v) is 5.54. The standard InChI is InChI=1S/C15H24ClN3O/c1-4-19(11(2)3)9-5-6-15(20)18-14-10-12(16)7-8-13(14)17/h7-8,10-11H,4-6,9,17H2,1-3H3,(H,18,20).